The summed E-state index contributed by atoms with van der Waals surface area (Å²) < 4.78 is 13.4. The SMILES string of the molecule is CCOc1ccc(-n2c(C)nnc2S[C@@H](C[N+](=O)[O-])c2ccc(OC)c(Br)c2)cc1. The number of hydrogen-bond donors (Lipinski definition) is 0. The second kappa shape index (κ2) is 9.94. The molecule has 0 bridgehead atoms. The number of ether oxygens (including phenoxy) is 2. The van der Waals surface area contributed by atoms with Gasteiger partial charge in [0.2, 0.25) is 6.54 Å². The summed E-state index contributed by atoms with van der Waals surface area (Å²) in [4.78, 5) is 11.0. The van der Waals surface area contributed by atoms with Gasteiger partial charge in [0.1, 0.15) is 22.6 Å². The second-order valence-corrected chi connectivity index (χ2v) is 8.33. The van der Waals surface area contributed by atoms with E-state index in [9.17, 15) is 10.1 Å². The highest BCUT2D eigenvalue weighted by atomic mass is 79.9. The van der Waals surface area contributed by atoms with E-state index in [0.717, 1.165) is 21.5 Å². The standard InChI is InChI=1S/C20H21BrN4O4S/c1-4-29-16-8-6-15(7-9-16)25-13(2)22-23-20(25)30-19(12-24(26)27)14-5-10-18(28-3)17(21)11-14/h5-11,19H,4,12H2,1-3H3/t19-/m0/s1. The summed E-state index contributed by atoms with van der Waals surface area (Å²) >= 11 is 4.76. The first-order valence-corrected chi connectivity index (χ1v) is 10.9. The summed E-state index contributed by atoms with van der Waals surface area (Å²) in [5.41, 5.74) is 1.66. The number of methoxy groups -OCH3 is 1. The van der Waals surface area contributed by atoms with E-state index >= 15 is 0 Å². The number of halogens is 1. The first kappa shape index (κ1) is 22.1. The van der Waals surface area contributed by atoms with Gasteiger partial charge in [0.25, 0.3) is 0 Å². The van der Waals surface area contributed by atoms with E-state index in [1.165, 1.54) is 11.8 Å². The molecule has 158 valence electrons. The maximum Gasteiger partial charge on any atom is 0.220 e. The van der Waals surface area contributed by atoms with Gasteiger partial charge in [-0.1, -0.05) is 17.8 Å². The fraction of sp³-hybridized carbons (Fsp3) is 0.300. The zero-order valence-corrected chi connectivity index (χ0v) is 19.1. The zero-order valence-electron chi connectivity index (χ0n) is 16.7. The quantitative estimate of drug-likeness (QED) is 0.239. The average molecular weight is 493 g/mol. The van der Waals surface area contributed by atoms with Crippen LogP contribution < -0.4 is 9.47 Å². The van der Waals surface area contributed by atoms with Crippen molar-refractivity contribution in [3.05, 3.63) is 68.4 Å². The van der Waals surface area contributed by atoms with Gasteiger partial charge in [-0.05, 0) is 71.7 Å². The maximum atomic E-state index is 11.3. The van der Waals surface area contributed by atoms with E-state index in [0.29, 0.717) is 23.3 Å². The predicted octanol–water partition coefficient (Wildman–Crippen LogP) is 4.86. The smallest absolute Gasteiger partial charge is 0.220 e. The van der Waals surface area contributed by atoms with Crippen molar-refractivity contribution in [3.63, 3.8) is 0 Å². The molecule has 0 saturated heterocycles. The van der Waals surface area contributed by atoms with Crippen LogP contribution in [0, 0.1) is 17.0 Å². The van der Waals surface area contributed by atoms with Gasteiger partial charge in [-0.15, -0.1) is 10.2 Å². The molecule has 0 aliphatic heterocycles. The van der Waals surface area contributed by atoms with E-state index in [1.807, 2.05) is 54.8 Å². The van der Waals surface area contributed by atoms with Gasteiger partial charge in [0.15, 0.2) is 5.16 Å². The zero-order chi connectivity index (χ0) is 21.7. The summed E-state index contributed by atoms with van der Waals surface area (Å²) in [5.74, 6) is 2.13. The summed E-state index contributed by atoms with van der Waals surface area (Å²) in [6.07, 6.45) is 0. The Hall–Kier alpha value is -2.59. The Morgan fingerprint density at radius 2 is 1.97 bits per heavy atom. The molecule has 10 heteroatoms. The molecule has 2 aromatic carbocycles. The molecule has 0 spiro atoms. The summed E-state index contributed by atoms with van der Waals surface area (Å²) in [6, 6.07) is 13.0. The molecule has 1 atom stereocenters. The van der Waals surface area contributed by atoms with Crippen LogP contribution >= 0.6 is 27.7 Å². The number of benzene rings is 2. The molecule has 0 N–H and O–H groups in total. The van der Waals surface area contributed by atoms with E-state index < -0.39 is 5.25 Å². The van der Waals surface area contributed by atoms with Gasteiger partial charge in [-0.25, -0.2) is 0 Å². The van der Waals surface area contributed by atoms with Crippen molar-refractivity contribution < 1.29 is 14.4 Å². The number of hydrogen-bond acceptors (Lipinski definition) is 7. The Morgan fingerprint density at radius 3 is 2.57 bits per heavy atom. The molecule has 1 heterocycles. The lowest BCUT2D eigenvalue weighted by molar-refractivity contribution is -0.479. The van der Waals surface area contributed by atoms with Gasteiger partial charge in [-0.3, -0.25) is 14.7 Å². The van der Waals surface area contributed by atoms with Crippen LogP contribution in [0.15, 0.2) is 52.1 Å². The van der Waals surface area contributed by atoms with Crippen LogP contribution in [0.4, 0.5) is 0 Å². The van der Waals surface area contributed by atoms with Crippen molar-refractivity contribution in [2.24, 2.45) is 0 Å². The second-order valence-electron chi connectivity index (χ2n) is 6.31. The molecule has 0 aliphatic carbocycles. The molecule has 1 aromatic heterocycles. The Balaban J connectivity index is 1.94. The van der Waals surface area contributed by atoms with Crippen LogP contribution in [0.5, 0.6) is 11.5 Å². The molecule has 8 nitrogen and oxygen atoms in total. The number of nitrogens with zero attached hydrogens (tertiary/aromatic N) is 4. The van der Waals surface area contributed by atoms with E-state index in [4.69, 9.17) is 9.47 Å². The Bertz CT molecular complexity index is 1030. The Morgan fingerprint density at radius 1 is 1.23 bits per heavy atom. The molecule has 30 heavy (non-hydrogen) atoms. The van der Waals surface area contributed by atoms with Crippen LogP contribution in [0.3, 0.4) is 0 Å². The summed E-state index contributed by atoms with van der Waals surface area (Å²) in [6.45, 7) is 4.12. The van der Waals surface area contributed by atoms with Crippen molar-refractivity contribution in [1.82, 2.24) is 14.8 Å². The van der Waals surface area contributed by atoms with Crippen molar-refractivity contribution >= 4 is 27.7 Å². The number of rotatable bonds is 9. The minimum atomic E-state index is -0.452. The minimum Gasteiger partial charge on any atom is -0.496 e. The topological polar surface area (TPSA) is 92.3 Å². The molecule has 0 unspecified atom stereocenters. The van der Waals surface area contributed by atoms with E-state index in [-0.39, 0.29) is 11.5 Å². The first-order valence-electron chi connectivity index (χ1n) is 9.20. The minimum absolute atomic E-state index is 0.251. The van der Waals surface area contributed by atoms with Crippen molar-refractivity contribution in [2.75, 3.05) is 20.3 Å². The highest BCUT2D eigenvalue weighted by Crippen LogP contribution is 2.38. The van der Waals surface area contributed by atoms with Crippen LogP contribution in [0.1, 0.15) is 23.6 Å². The number of nitro groups is 1. The molecule has 3 aromatic rings. The van der Waals surface area contributed by atoms with Gasteiger partial charge < -0.3 is 9.47 Å². The molecule has 0 amide bonds. The third kappa shape index (κ3) is 5.11. The highest BCUT2D eigenvalue weighted by Gasteiger charge is 2.24. The van der Waals surface area contributed by atoms with Crippen LogP contribution in [-0.4, -0.2) is 39.9 Å². The van der Waals surface area contributed by atoms with E-state index in [1.54, 1.807) is 13.2 Å². The van der Waals surface area contributed by atoms with Crippen molar-refractivity contribution in [3.8, 4) is 17.2 Å². The highest BCUT2D eigenvalue weighted by molar-refractivity contribution is 9.10. The largest absolute Gasteiger partial charge is 0.496 e. The number of thioether (sulfide) groups is 1. The third-order valence-electron chi connectivity index (χ3n) is 4.31. The monoisotopic (exact) mass is 492 g/mol. The third-order valence-corrected chi connectivity index (χ3v) is 6.11. The van der Waals surface area contributed by atoms with Gasteiger partial charge in [-0.2, -0.15) is 0 Å². The first-order chi connectivity index (χ1) is 14.4. The Labute approximate surface area is 186 Å². The lowest BCUT2D eigenvalue weighted by Gasteiger charge is -2.15. The Kier molecular flexibility index (Phi) is 7.33. The lowest BCUT2D eigenvalue weighted by Crippen LogP contribution is -2.11. The fourth-order valence-corrected chi connectivity index (χ4v) is 4.65. The summed E-state index contributed by atoms with van der Waals surface area (Å²) in [7, 11) is 1.57. The predicted molar refractivity (Wildman–Crippen MR) is 118 cm³/mol. The van der Waals surface area contributed by atoms with Crippen LogP contribution in [0.25, 0.3) is 5.69 Å². The van der Waals surface area contributed by atoms with Gasteiger partial charge >= 0.3 is 0 Å². The molecule has 0 aliphatic rings. The van der Waals surface area contributed by atoms with Crippen LogP contribution in [0.2, 0.25) is 0 Å². The van der Waals surface area contributed by atoms with E-state index in [2.05, 4.69) is 26.1 Å². The molecule has 3 rings (SSSR count). The van der Waals surface area contributed by atoms with Gasteiger partial charge in [0, 0.05) is 10.6 Å². The summed E-state index contributed by atoms with van der Waals surface area (Å²) in [5, 5.41) is 19.9. The van der Waals surface area contributed by atoms with Crippen molar-refractivity contribution in [2.45, 2.75) is 24.3 Å². The molecule has 0 saturated carbocycles. The van der Waals surface area contributed by atoms with Crippen LogP contribution in [-0.2, 0) is 0 Å². The molecular weight excluding hydrogens is 472 g/mol. The molecular formula is C20H21BrN4O4S. The van der Waals surface area contributed by atoms with Gasteiger partial charge in [0.05, 0.1) is 18.2 Å². The molecule has 0 radical (unpaired) electrons. The number of aryl methyl sites for hydroxylation is 1. The van der Waals surface area contributed by atoms with Crippen molar-refractivity contribution in [1.29, 1.82) is 0 Å². The number of aromatic nitrogens is 3. The maximum absolute atomic E-state index is 11.3. The lowest BCUT2D eigenvalue weighted by atomic mass is 10.1. The normalized spacial score (nSPS) is 11.9. The average Bonchev–Trinajstić information content (AvgIpc) is 3.08. The fourth-order valence-electron chi connectivity index (χ4n) is 2.93. The molecule has 0 fully saturated rings.